The first kappa shape index (κ1) is 22.3. The normalized spacial score (nSPS) is 10.8. The molecular weight excluding hydrogens is 462 g/mol. The zero-order valence-electron chi connectivity index (χ0n) is 18.8. The molecule has 0 saturated heterocycles. The van der Waals surface area contributed by atoms with Crippen LogP contribution in [0.2, 0.25) is 0 Å². The number of para-hydroxylation sites is 1. The highest BCUT2D eigenvalue weighted by atomic mass is 32.1. The average Bonchev–Trinajstić information content (AvgIpc) is 3.64. The van der Waals surface area contributed by atoms with Crippen LogP contribution in [0.4, 0.5) is 5.13 Å². The molecular formula is C26H21N5O3S. The zero-order valence-corrected chi connectivity index (χ0v) is 19.6. The molecule has 0 saturated carbocycles. The number of rotatable bonds is 7. The summed E-state index contributed by atoms with van der Waals surface area (Å²) in [5, 5.41) is 12.6. The van der Waals surface area contributed by atoms with Crippen LogP contribution >= 0.6 is 11.3 Å². The van der Waals surface area contributed by atoms with E-state index >= 15 is 0 Å². The number of furan rings is 1. The number of carbonyl (C=O) groups is 2. The SMILES string of the molecule is CC(=O)NCc1ccc(-c2csc(NC(=O)c3cc(-c4ccco4)nn3-c3ccccc3)n2)cc1. The molecule has 0 bridgehead atoms. The molecule has 0 spiro atoms. The Morgan fingerprint density at radius 2 is 1.80 bits per heavy atom. The van der Waals surface area contributed by atoms with Gasteiger partial charge in [0.1, 0.15) is 11.4 Å². The molecule has 0 atom stereocenters. The summed E-state index contributed by atoms with van der Waals surface area (Å²) in [5.74, 6) is 0.178. The first-order valence-electron chi connectivity index (χ1n) is 10.9. The molecule has 9 heteroatoms. The predicted molar refractivity (Wildman–Crippen MR) is 134 cm³/mol. The van der Waals surface area contributed by atoms with Crippen molar-refractivity contribution in [3.8, 4) is 28.4 Å². The fourth-order valence-electron chi connectivity index (χ4n) is 3.50. The molecule has 2 aromatic carbocycles. The van der Waals surface area contributed by atoms with Gasteiger partial charge in [-0.05, 0) is 29.8 Å². The molecule has 2 N–H and O–H groups in total. The minimum absolute atomic E-state index is 0.0705. The summed E-state index contributed by atoms with van der Waals surface area (Å²) < 4.78 is 7.06. The molecule has 5 aromatic rings. The van der Waals surface area contributed by atoms with Crippen LogP contribution < -0.4 is 10.6 Å². The number of anilines is 1. The lowest BCUT2D eigenvalue weighted by Gasteiger charge is -2.06. The van der Waals surface area contributed by atoms with E-state index in [1.54, 1.807) is 29.1 Å². The van der Waals surface area contributed by atoms with Crippen LogP contribution in [-0.4, -0.2) is 26.6 Å². The van der Waals surface area contributed by atoms with Crippen molar-refractivity contribution in [1.82, 2.24) is 20.1 Å². The first-order valence-corrected chi connectivity index (χ1v) is 11.7. The number of aromatic nitrogens is 3. The van der Waals surface area contributed by atoms with Crippen LogP contribution in [-0.2, 0) is 11.3 Å². The van der Waals surface area contributed by atoms with Gasteiger partial charge in [0.05, 0.1) is 17.6 Å². The van der Waals surface area contributed by atoms with Gasteiger partial charge in [-0.3, -0.25) is 14.9 Å². The van der Waals surface area contributed by atoms with Crippen LogP contribution in [0, 0.1) is 0 Å². The Kier molecular flexibility index (Phi) is 6.23. The van der Waals surface area contributed by atoms with Crippen LogP contribution in [0.15, 0.2) is 88.9 Å². The number of hydrogen-bond donors (Lipinski definition) is 2. The third-order valence-corrected chi connectivity index (χ3v) is 5.99. The van der Waals surface area contributed by atoms with E-state index in [1.165, 1.54) is 18.3 Å². The Labute approximate surface area is 205 Å². The second kappa shape index (κ2) is 9.78. The van der Waals surface area contributed by atoms with Gasteiger partial charge in [-0.1, -0.05) is 42.5 Å². The predicted octanol–water partition coefficient (Wildman–Crippen LogP) is 5.14. The molecule has 0 aliphatic heterocycles. The lowest BCUT2D eigenvalue weighted by Crippen LogP contribution is -2.18. The number of amides is 2. The van der Waals surface area contributed by atoms with E-state index in [0.717, 1.165) is 22.5 Å². The second-order valence-electron chi connectivity index (χ2n) is 7.74. The molecule has 3 heterocycles. The van der Waals surface area contributed by atoms with Gasteiger partial charge in [-0.2, -0.15) is 5.10 Å². The van der Waals surface area contributed by atoms with E-state index < -0.39 is 0 Å². The number of nitrogens with zero attached hydrogens (tertiary/aromatic N) is 3. The van der Waals surface area contributed by atoms with Gasteiger partial charge in [0.25, 0.3) is 5.91 Å². The lowest BCUT2D eigenvalue weighted by molar-refractivity contribution is -0.119. The van der Waals surface area contributed by atoms with Gasteiger partial charge in [0.15, 0.2) is 10.9 Å². The fourth-order valence-corrected chi connectivity index (χ4v) is 4.21. The van der Waals surface area contributed by atoms with Crippen LogP contribution in [0.3, 0.4) is 0 Å². The highest BCUT2D eigenvalue weighted by Crippen LogP contribution is 2.27. The number of nitrogens with one attached hydrogen (secondary N) is 2. The summed E-state index contributed by atoms with van der Waals surface area (Å²) in [6.07, 6.45) is 1.57. The average molecular weight is 484 g/mol. The summed E-state index contributed by atoms with van der Waals surface area (Å²) in [5.41, 5.74) is 4.35. The summed E-state index contributed by atoms with van der Waals surface area (Å²) in [7, 11) is 0. The Morgan fingerprint density at radius 3 is 2.51 bits per heavy atom. The molecule has 174 valence electrons. The Bertz CT molecular complexity index is 1450. The Morgan fingerprint density at radius 1 is 1.00 bits per heavy atom. The largest absolute Gasteiger partial charge is 0.463 e. The van der Waals surface area contributed by atoms with E-state index in [2.05, 4.69) is 20.7 Å². The van der Waals surface area contributed by atoms with Crippen molar-refractivity contribution >= 4 is 28.3 Å². The smallest absolute Gasteiger partial charge is 0.276 e. The van der Waals surface area contributed by atoms with E-state index in [1.807, 2.05) is 60.0 Å². The van der Waals surface area contributed by atoms with E-state index in [0.29, 0.717) is 28.8 Å². The Hall–Kier alpha value is -4.50. The van der Waals surface area contributed by atoms with Crippen molar-refractivity contribution < 1.29 is 14.0 Å². The van der Waals surface area contributed by atoms with Crippen molar-refractivity contribution in [2.45, 2.75) is 13.5 Å². The number of benzene rings is 2. The fraction of sp³-hybridized carbons (Fsp3) is 0.0769. The van der Waals surface area contributed by atoms with Gasteiger partial charge in [-0.15, -0.1) is 11.3 Å². The summed E-state index contributed by atoms with van der Waals surface area (Å²) in [6, 6.07) is 22.5. The van der Waals surface area contributed by atoms with Crippen LogP contribution in [0.25, 0.3) is 28.4 Å². The summed E-state index contributed by atoms with van der Waals surface area (Å²) in [4.78, 5) is 28.9. The molecule has 35 heavy (non-hydrogen) atoms. The molecule has 0 unspecified atom stereocenters. The third-order valence-electron chi connectivity index (χ3n) is 5.23. The van der Waals surface area contributed by atoms with Crippen molar-refractivity contribution in [2.75, 3.05) is 5.32 Å². The maximum Gasteiger partial charge on any atom is 0.276 e. The molecule has 0 aliphatic rings. The number of thiazole rings is 1. The maximum atomic E-state index is 13.2. The minimum atomic E-state index is -0.328. The molecule has 8 nitrogen and oxygen atoms in total. The summed E-state index contributed by atoms with van der Waals surface area (Å²) in [6.45, 7) is 1.97. The van der Waals surface area contributed by atoms with Gasteiger partial charge < -0.3 is 9.73 Å². The highest BCUT2D eigenvalue weighted by Gasteiger charge is 2.20. The molecule has 3 aromatic heterocycles. The minimum Gasteiger partial charge on any atom is -0.463 e. The van der Waals surface area contributed by atoms with Crippen LogP contribution in [0.1, 0.15) is 23.0 Å². The van der Waals surface area contributed by atoms with Gasteiger partial charge in [-0.25, -0.2) is 9.67 Å². The Balaban J connectivity index is 1.36. The molecule has 0 fully saturated rings. The summed E-state index contributed by atoms with van der Waals surface area (Å²) >= 11 is 1.34. The topological polar surface area (TPSA) is 102 Å². The van der Waals surface area contributed by atoms with Crippen molar-refractivity contribution in [3.63, 3.8) is 0 Å². The van der Waals surface area contributed by atoms with Crippen LogP contribution in [0.5, 0.6) is 0 Å². The lowest BCUT2D eigenvalue weighted by atomic mass is 10.1. The molecule has 0 radical (unpaired) electrons. The van der Waals surface area contributed by atoms with Crippen molar-refractivity contribution in [2.24, 2.45) is 0 Å². The maximum absolute atomic E-state index is 13.2. The van der Waals surface area contributed by atoms with Crippen molar-refractivity contribution in [3.05, 3.63) is 95.7 Å². The van der Waals surface area contributed by atoms with E-state index in [9.17, 15) is 9.59 Å². The molecule has 0 aliphatic carbocycles. The third kappa shape index (κ3) is 5.04. The van der Waals surface area contributed by atoms with Gasteiger partial charge in [0, 0.05) is 30.5 Å². The number of carbonyl (C=O) groups excluding carboxylic acids is 2. The first-order chi connectivity index (χ1) is 17.1. The van der Waals surface area contributed by atoms with E-state index in [4.69, 9.17) is 4.42 Å². The molecule has 5 rings (SSSR count). The van der Waals surface area contributed by atoms with E-state index in [-0.39, 0.29) is 11.8 Å². The highest BCUT2D eigenvalue weighted by molar-refractivity contribution is 7.14. The molecule has 2 amide bonds. The zero-order chi connectivity index (χ0) is 24.2. The number of hydrogen-bond acceptors (Lipinski definition) is 6. The van der Waals surface area contributed by atoms with Crippen molar-refractivity contribution in [1.29, 1.82) is 0 Å². The quantitative estimate of drug-likeness (QED) is 0.334. The standard InChI is InChI=1S/C26H21N5O3S/c1-17(32)27-15-18-9-11-19(12-10-18)22-16-35-26(28-22)29-25(33)23-14-21(24-8-5-13-34-24)30-31(23)20-6-3-2-4-7-20/h2-14,16H,15H2,1H3,(H,27,32)(H,28,29,33). The van der Waals surface area contributed by atoms with Gasteiger partial charge >= 0.3 is 0 Å². The second-order valence-corrected chi connectivity index (χ2v) is 8.60. The monoisotopic (exact) mass is 483 g/mol. The van der Waals surface area contributed by atoms with Gasteiger partial charge in [0.2, 0.25) is 5.91 Å².